The summed E-state index contributed by atoms with van der Waals surface area (Å²) in [4.78, 5) is 24.1. The van der Waals surface area contributed by atoms with Gasteiger partial charge in [0.05, 0.1) is 0 Å². The first-order chi connectivity index (χ1) is 9.54. The summed E-state index contributed by atoms with van der Waals surface area (Å²) < 4.78 is 0. The van der Waals surface area contributed by atoms with Crippen LogP contribution in [-0.2, 0) is 9.59 Å². The summed E-state index contributed by atoms with van der Waals surface area (Å²) in [7, 11) is 0. The van der Waals surface area contributed by atoms with Crippen molar-refractivity contribution in [3.05, 3.63) is 24.3 Å². The van der Waals surface area contributed by atoms with Crippen molar-refractivity contribution < 1.29 is 9.59 Å². The van der Waals surface area contributed by atoms with Crippen molar-refractivity contribution in [1.82, 2.24) is 4.90 Å². The Morgan fingerprint density at radius 1 is 1.05 bits per heavy atom. The van der Waals surface area contributed by atoms with Crippen LogP contribution in [0.1, 0.15) is 26.7 Å². The minimum atomic E-state index is -0.0673. The molecule has 5 nitrogen and oxygen atoms in total. The standard InChI is InChI=1S/C15H21N3O2/c1-11(19)16-13-3-5-14(6-4-13)17-15-7-9-18(10-8-15)12(2)20/h3-6,15,17H,7-10H2,1-2H3,(H,16,19). The van der Waals surface area contributed by atoms with E-state index < -0.39 is 0 Å². The van der Waals surface area contributed by atoms with E-state index in [-0.39, 0.29) is 11.8 Å². The van der Waals surface area contributed by atoms with E-state index in [1.54, 1.807) is 6.92 Å². The molecule has 1 heterocycles. The van der Waals surface area contributed by atoms with Gasteiger partial charge in [0.1, 0.15) is 0 Å². The summed E-state index contributed by atoms with van der Waals surface area (Å²) >= 11 is 0. The van der Waals surface area contributed by atoms with Crippen LogP contribution in [0.5, 0.6) is 0 Å². The number of hydrogen-bond acceptors (Lipinski definition) is 3. The smallest absolute Gasteiger partial charge is 0.221 e. The third-order valence-electron chi connectivity index (χ3n) is 3.52. The van der Waals surface area contributed by atoms with E-state index in [1.807, 2.05) is 29.2 Å². The summed E-state index contributed by atoms with van der Waals surface area (Å²) in [5, 5.41) is 6.21. The molecule has 108 valence electrons. The van der Waals surface area contributed by atoms with Gasteiger partial charge < -0.3 is 15.5 Å². The Balaban J connectivity index is 1.85. The van der Waals surface area contributed by atoms with Gasteiger partial charge in [-0.15, -0.1) is 0 Å². The predicted molar refractivity (Wildman–Crippen MR) is 79.6 cm³/mol. The number of piperidine rings is 1. The number of nitrogens with zero attached hydrogens (tertiary/aromatic N) is 1. The lowest BCUT2D eigenvalue weighted by atomic mass is 10.0. The van der Waals surface area contributed by atoms with Crippen LogP contribution < -0.4 is 10.6 Å². The van der Waals surface area contributed by atoms with Crippen molar-refractivity contribution in [2.45, 2.75) is 32.7 Å². The van der Waals surface area contributed by atoms with Gasteiger partial charge in [-0.1, -0.05) is 0 Å². The Bertz CT molecular complexity index is 476. The molecular weight excluding hydrogens is 254 g/mol. The molecule has 1 aromatic carbocycles. The molecule has 0 unspecified atom stereocenters. The highest BCUT2D eigenvalue weighted by molar-refractivity contribution is 5.88. The molecule has 2 rings (SSSR count). The SMILES string of the molecule is CC(=O)Nc1ccc(NC2CCN(C(C)=O)CC2)cc1. The zero-order valence-corrected chi connectivity index (χ0v) is 12.0. The number of likely N-dealkylation sites (tertiary alicyclic amines) is 1. The normalized spacial score (nSPS) is 15.8. The molecule has 2 amide bonds. The van der Waals surface area contributed by atoms with E-state index in [4.69, 9.17) is 0 Å². The van der Waals surface area contributed by atoms with Crippen LogP contribution in [0, 0.1) is 0 Å². The summed E-state index contributed by atoms with van der Waals surface area (Å²) in [5.41, 5.74) is 1.84. The van der Waals surface area contributed by atoms with Crippen LogP contribution >= 0.6 is 0 Å². The van der Waals surface area contributed by atoms with E-state index in [2.05, 4.69) is 10.6 Å². The maximum absolute atomic E-state index is 11.3. The molecule has 1 aliphatic rings. The lowest BCUT2D eigenvalue weighted by Gasteiger charge is -2.32. The maximum Gasteiger partial charge on any atom is 0.221 e. The van der Waals surface area contributed by atoms with Crippen LogP contribution in [0.4, 0.5) is 11.4 Å². The van der Waals surface area contributed by atoms with E-state index in [0.717, 1.165) is 37.3 Å². The molecule has 20 heavy (non-hydrogen) atoms. The molecule has 0 aromatic heterocycles. The summed E-state index contributed by atoms with van der Waals surface area (Å²) in [6.45, 7) is 4.75. The van der Waals surface area contributed by atoms with E-state index in [9.17, 15) is 9.59 Å². The Kier molecular flexibility index (Phi) is 4.61. The number of anilines is 2. The molecule has 5 heteroatoms. The van der Waals surface area contributed by atoms with Gasteiger partial charge in [0.2, 0.25) is 11.8 Å². The lowest BCUT2D eigenvalue weighted by molar-refractivity contribution is -0.129. The molecule has 0 atom stereocenters. The molecule has 0 saturated carbocycles. The first-order valence-electron chi connectivity index (χ1n) is 6.94. The Morgan fingerprint density at radius 2 is 1.60 bits per heavy atom. The number of benzene rings is 1. The fourth-order valence-electron chi connectivity index (χ4n) is 2.43. The van der Waals surface area contributed by atoms with Gasteiger partial charge >= 0.3 is 0 Å². The zero-order valence-electron chi connectivity index (χ0n) is 12.0. The first kappa shape index (κ1) is 14.4. The van der Waals surface area contributed by atoms with Gasteiger partial charge in [-0.3, -0.25) is 9.59 Å². The quantitative estimate of drug-likeness (QED) is 0.887. The van der Waals surface area contributed by atoms with Crippen LogP contribution in [0.15, 0.2) is 24.3 Å². The van der Waals surface area contributed by atoms with Crippen molar-refractivity contribution in [2.75, 3.05) is 23.7 Å². The predicted octanol–water partition coefficient (Wildman–Crippen LogP) is 2.07. The molecular formula is C15H21N3O2. The summed E-state index contributed by atoms with van der Waals surface area (Å²) in [5.74, 6) is 0.0884. The molecule has 1 aliphatic heterocycles. The molecule has 1 saturated heterocycles. The summed E-state index contributed by atoms with van der Waals surface area (Å²) in [6, 6.07) is 8.09. The van der Waals surface area contributed by atoms with Crippen molar-refractivity contribution in [3.63, 3.8) is 0 Å². The topological polar surface area (TPSA) is 61.4 Å². The van der Waals surface area contributed by atoms with Gasteiger partial charge in [-0.25, -0.2) is 0 Å². The third kappa shape index (κ3) is 3.98. The Morgan fingerprint density at radius 3 is 2.10 bits per heavy atom. The van der Waals surface area contributed by atoms with Gasteiger partial charge in [-0.2, -0.15) is 0 Å². The number of amides is 2. The molecule has 1 fully saturated rings. The fourth-order valence-corrected chi connectivity index (χ4v) is 2.43. The second kappa shape index (κ2) is 6.41. The van der Waals surface area contributed by atoms with Crippen LogP contribution in [0.25, 0.3) is 0 Å². The van der Waals surface area contributed by atoms with Crippen LogP contribution in [0.3, 0.4) is 0 Å². The second-order valence-corrected chi connectivity index (χ2v) is 5.18. The van der Waals surface area contributed by atoms with Crippen molar-refractivity contribution in [1.29, 1.82) is 0 Å². The number of rotatable bonds is 3. The minimum Gasteiger partial charge on any atom is -0.382 e. The highest BCUT2D eigenvalue weighted by Crippen LogP contribution is 2.18. The zero-order chi connectivity index (χ0) is 14.5. The van der Waals surface area contributed by atoms with Gasteiger partial charge in [0, 0.05) is 44.4 Å². The second-order valence-electron chi connectivity index (χ2n) is 5.18. The van der Waals surface area contributed by atoms with E-state index >= 15 is 0 Å². The number of carbonyl (C=O) groups excluding carboxylic acids is 2. The monoisotopic (exact) mass is 275 g/mol. The molecule has 2 N–H and O–H groups in total. The van der Waals surface area contributed by atoms with Crippen molar-refractivity contribution in [2.24, 2.45) is 0 Å². The summed E-state index contributed by atoms with van der Waals surface area (Å²) in [6.07, 6.45) is 1.93. The van der Waals surface area contributed by atoms with E-state index in [1.165, 1.54) is 6.92 Å². The largest absolute Gasteiger partial charge is 0.382 e. The van der Waals surface area contributed by atoms with Gasteiger partial charge in [-0.05, 0) is 37.1 Å². The lowest BCUT2D eigenvalue weighted by Crippen LogP contribution is -2.41. The molecule has 0 aliphatic carbocycles. The Hall–Kier alpha value is -2.04. The highest BCUT2D eigenvalue weighted by Gasteiger charge is 2.20. The highest BCUT2D eigenvalue weighted by atomic mass is 16.2. The third-order valence-corrected chi connectivity index (χ3v) is 3.52. The molecule has 1 aromatic rings. The first-order valence-corrected chi connectivity index (χ1v) is 6.94. The van der Waals surface area contributed by atoms with Crippen LogP contribution in [-0.4, -0.2) is 35.8 Å². The molecule has 0 bridgehead atoms. The fraction of sp³-hybridized carbons (Fsp3) is 0.467. The van der Waals surface area contributed by atoms with Crippen molar-refractivity contribution >= 4 is 23.2 Å². The van der Waals surface area contributed by atoms with Crippen LogP contribution in [0.2, 0.25) is 0 Å². The number of carbonyl (C=O) groups is 2. The van der Waals surface area contributed by atoms with Gasteiger partial charge in [0.15, 0.2) is 0 Å². The maximum atomic E-state index is 11.3. The van der Waals surface area contributed by atoms with E-state index in [0.29, 0.717) is 6.04 Å². The molecule has 0 radical (unpaired) electrons. The average molecular weight is 275 g/mol. The van der Waals surface area contributed by atoms with Gasteiger partial charge in [0.25, 0.3) is 0 Å². The average Bonchev–Trinajstić information content (AvgIpc) is 2.41. The molecule has 0 spiro atoms. The Labute approximate surface area is 119 Å². The van der Waals surface area contributed by atoms with Crippen molar-refractivity contribution in [3.8, 4) is 0 Å². The minimum absolute atomic E-state index is 0.0673. The number of nitrogens with one attached hydrogen (secondary N) is 2. The number of hydrogen-bond donors (Lipinski definition) is 2.